The summed E-state index contributed by atoms with van der Waals surface area (Å²) in [6.45, 7) is 16.3. The van der Waals surface area contributed by atoms with E-state index in [0.717, 1.165) is 25.3 Å². The number of para-hydroxylation sites is 1. The highest BCUT2D eigenvalue weighted by molar-refractivity contribution is 7.49. The Morgan fingerprint density at radius 3 is 2.12 bits per heavy atom. The van der Waals surface area contributed by atoms with E-state index in [-0.39, 0.29) is 5.16 Å². The Bertz CT molecular complexity index is 1010. The molecule has 2 unspecified atom stereocenters. The van der Waals surface area contributed by atoms with E-state index in [2.05, 4.69) is 107 Å². The number of ether oxygens (including phenoxy) is 1. The van der Waals surface area contributed by atoms with Crippen LogP contribution in [0.15, 0.2) is 66.7 Å². The minimum Gasteiger partial charge on any atom is -0.488 e. The number of rotatable bonds is 10. The summed E-state index contributed by atoms with van der Waals surface area (Å²) < 4.78 is 6.48. The maximum Gasteiger partial charge on any atom is 0.126 e. The lowest BCUT2D eigenvalue weighted by Crippen LogP contribution is -2.29. The Morgan fingerprint density at radius 2 is 1.47 bits per heavy atom. The van der Waals surface area contributed by atoms with Gasteiger partial charge in [0.25, 0.3) is 0 Å². The molecule has 0 saturated heterocycles. The van der Waals surface area contributed by atoms with Crippen LogP contribution in [0.25, 0.3) is 0 Å². The van der Waals surface area contributed by atoms with E-state index in [4.69, 9.17) is 4.74 Å². The largest absolute Gasteiger partial charge is 0.488 e. The highest BCUT2D eigenvalue weighted by Gasteiger charge is 2.31. The molecule has 32 heavy (non-hydrogen) atoms. The van der Waals surface area contributed by atoms with Gasteiger partial charge in [-0.2, -0.15) is 0 Å². The van der Waals surface area contributed by atoms with Gasteiger partial charge in [0.2, 0.25) is 0 Å². The highest BCUT2D eigenvalue weighted by Crippen LogP contribution is 2.49. The number of aryl methyl sites for hydroxylation is 2. The third kappa shape index (κ3) is 5.36. The summed E-state index contributed by atoms with van der Waals surface area (Å²) in [5.41, 5.74) is 6.49. The second-order valence-electron chi connectivity index (χ2n) is 8.68. The molecule has 0 heterocycles. The quantitative estimate of drug-likeness (QED) is 0.301. The van der Waals surface area contributed by atoms with E-state index in [9.17, 15) is 0 Å². The van der Waals surface area contributed by atoms with E-state index in [0.29, 0.717) is 15.2 Å². The topological polar surface area (TPSA) is 12.5 Å². The van der Waals surface area contributed by atoms with Crippen molar-refractivity contribution < 1.29 is 4.74 Å². The molecule has 0 bridgehead atoms. The molecule has 3 rings (SSSR count). The molecule has 0 aliphatic rings. The highest BCUT2D eigenvalue weighted by atomic mass is 31.1. The van der Waals surface area contributed by atoms with Crippen LogP contribution in [0.4, 0.5) is 5.69 Å². The minimum atomic E-state index is 0.00601. The molecule has 0 spiro atoms. The Kier molecular flexibility index (Phi) is 8.38. The predicted molar refractivity (Wildman–Crippen MR) is 142 cm³/mol. The lowest BCUT2D eigenvalue weighted by molar-refractivity contribution is 0.297. The number of anilines is 1. The molecular formula is C29H38NOP. The van der Waals surface area contributed by atoms with Crippen LogP contribution in [0.5, 0.6) is 5.75 Å². The standard InChI is InChI=1S/C29H38NOP/c1-7-29(6,32-28-23(5)16-14-20-26(28)30(8-2)9-3)25-19-13-15-22(4)27(25)31-21-24-17-11-10-12-18-24/h10-20,32H,7-9,21H2,1-6H3. The van der Waals surface area contributed by atoms with Crippen LogP contribution in [-0.4, -0.2) is 13.1 Å². The summed E-state index contributed by atoms with van der Waals surface area (Å²) in [5, 5.41) is 1.49. The third-order valence-corrected chi connectivity index (χ3v) is 8.57. The van der Waals surface area contributed by atoms with E-state index >= 15 is 0 Å². The van der Waals surface area contributed by atoms with Crippen LogP contribution in [-0.2, 0) is 11.8 Å². The maximum absolute atomic E-state index is 6.48. The Balaban J connectivity index is 2.00. The predicted octanol–water partition coefficient (Wildman–Crippen LogP) is 7.36. The zero-order valence-electron chi connectivity index (χ0n) is 20.5. The second-order valence-corrected chi connectivity index (χ2v) is 10.5. The molecule has 3 aromatic rings. The average molecular weight is 448 g/mol. The number of hydrogen-bond donors (Lipinski definition) is 0. The van der Waals surface area contributed by atoms with Crippen molar-refractivity contribution in [2.75, 3.05) is 18.0 Å². The molecule has 3 aromatic carbocycles. The van der Waals surface area contributed by atoms with Crippen LogP contribution in [0, 0.1) is 13.8 Å². The lowest BCUT2D eigenvalue weighted by atomic mass is 9.94. The molecule has 3 heteroatoms. The van der Waals surface area contributed by atoms with Gasteiger partial charge in [0.15, 0.2) is 0 Å². The van der Waals surface area contributed by atoms with Crippen molar-refractivity contribution in [1.29, 1.82) is 0 Å². The Hall–Kier alpha value is -2.31. The van der Waals surface area contributed by atoms with Crippen molar-refractivity contribution in [3.8, 4) is 5.75 Å². The van der Waals surface area contributed by atoms with Gasteiger partial charge in [-0.1, -0.05) is 83.1 Å². The van der Waals surface area contributed by atoms with Gasteiger partial charge in [0.1, 0.15) is 12.4 Å². The van der Waals surface area contributed by atoms with Crippen molar-refractivity contribution in [2.24, 2.45) is 0 Å². The van der Waals surface area contributed by atoms with Crippen molar-refractivity contribution in [3.05, 3.63) is 89.0 Å². The van der Waals surface area contributed by atoms with Crippen LogP contribution in [0.2, 0.25) is 0 Å². The van der Waals surface area contributed by atoms with Crippen LogP contribution in [0.3, 0.4) is 0 Å². The van der Waals surface area contributed by atoms with Gasteiger partial charge >= 0.3 is 0 Å². The summed E-state index contributed by atoms with van der Waals surface area (Å²) in [5.74, 6) is 1.05. The first kappa shape index (κ1) is 24.3. The van der Waals surface area contributed by atoms with E-state index in [1.54, 1.807) is 0 Å². The molecule has 0 saturated carbocycles. The summed E-state index contributed by atoms with van der Waals surface area (Å²) in [6, 6.07) is 23.8. The number of nitrogens with zero attached hydrogens (tertiary/aromatic N) is 1. The molecule has 2 nitrogen and oxygen atoms in total. The van der Waals surface area contributed by atoms with Gasteiger partial charge in [-0.3, -0.25) is 0 Å². The lowest BCUT2D eigenvalue weighted by Gasteiger charge is -2.34. The van der Waals surface area contributed by atoms with Crippen LogP contribution >= 0.6 is 8.58 Å². The van der Waals surface area contributed by atoms with Gasteiger partial charge in [0.05, 0.1) is 0 Å². The average Bonchev–Trinajstić information content (AvgIpc) is 2.81. The van der Waals surface area contributed by atoms with Gasteiger partial charge < -0.3 is 9.64 Å². The number of benzene rings is 3. The van der Waals surface area contributed by atoms with E-state index in [1.165, 1.54) is 33.2 Å². The molecule has 2 atom stereocenters. The molecule has 0 fully saturated rings. The minimum absolute atomic E-state index is 0.00601. The Morgan fingerprint density at radius 1 is 0.812 bits per heavy atom. The SMILES string of the molecule is CCN(CC)c1cccc(C)c1PC(C)(CC)c1cccc(C)c1OCc1ccccc1. The molecule has 170 valence electrons. The molecule has 0 aliphatic heterocycles. The fraction of sp³-hybridized carbons (Fsp3) is 0.379. The normalized spacial score (nSPS) is 13.3. The molecule has 0 N–H and O–H groups in total. The monoisotopic (exact) mass is 447 g/mol. The third-order valence-electron chi connectivity index (χ3n) is 6.50. The summed E-state index contributed by atoms with van der Waals surface area (Å²) in [7, 11) is 0.665. The van der Waals surface area contributed by atoms with Gasteiger partial charge in [-0.05, 0) is 62.2 Å². The molecule has 0 amide bonds. The zero-order valence-corrected chi connectivity index (χ0v) is 21.5. The Labute approximate surface area is 196 Å². The first-order valence-corrected chi connectivity index (χ1v) is 12.8. The second kappa shape index (κ2) is 11.0. The molecule has 0 aromatic heterocycles. The molecular weight excluding hydrogens is 409 g/mol. The first-order valence-electron chi connectivity index (χ1n) is 11.8. The molecule has 0 radical (unpaired) electrons. The fourth-order valence-corrected chi connectivity index (χ4v) is 5.98. The molecule has 0 aliphatic carbocycles. The van der Waals surface area contributed by atoms with Crippen molar-refractivity contribution in [2.45, 2.75) is 59.7 Å². The van der Waals surface area contributed by atoms with Gasteiger partial charge in [-0.15, -0.1) is 0 Å². The smallest absolute Gasteiger partial charge is 0.126 e. The summed E-state index contributed by atoms with van der Waals surface area (Å²) in [6.07, 6.45) is 1.06. The maximum atomic E-state index is 6.48. The van der Waals surface area contributed by atoms with E-state index in [1.807, 2.05) is 6.07 Å². The fourth-order valence-electron chi connectivity index (χ4n) is 4.27. The van der Waals surface area contributed by atoms with Crippen molar-refractivity contribution >= 4 is 19.6 Å². The van der Waals surface area contributed by atoms with Gasteiger partial charge in [0, 0.05) is 29.5 Å². The van der Waals surface area contributed by atoms with Crippen LogP contribution < -0.4 is 14.9 Å². The first-order chi connectivity index (χ1) is 15.4. The summed E-state index contributed by atoms with van der Waals surface area (Å²) in [4.78, 5) is 2.48. The van der Waals surface area contributed by atoms with Gasteiger partial charge in [-0.25, -0.2) is 0 Å². The number of hydrogen-bond acceptors (Lipinski definition) is 2. The van der Waals surface area contributed by atoms with Crippen LogP contribution in [0.1, 0.15) is 56.4 Å². The van der Waals surface area contributed by atoms with Crippen molar-refractivity contribution in [3.63, 3.8) is 0 Å². The van der Waals surface area contributed by atoms with Crippen molar-refractivity contribution in [1.82, 2.24) is 0 Å². The zero-order chi connectivity index (χ0) is 23.1. The summed E-state index contributed by atoms with van der Waals surface area (Å²) >= 11 is 0. The van der Waals surface area contributed by atoms with E-state index < -0.39 is 0 Å².